The Morgan fingerprint density at radius 2 is 2.00 bits per heavy atom. The summed E-state index contributed by atoms with van der Waals surface area (Å²) in [5.41, 5.74) is 0.625. The molecule has 4 rings (SSSR count). The second-order valence-electron chi connectivity index (χ2n) is 9.25. The average molecular weight is 494 g/mol. The molecule has 2 aromatic rings. The van der Waals surface area contributed by atoms with Gasteiger partial charge < -0.3 is 14.4 Å². The third-order valence-corrected chi connectivity index (χ3v) is 7.93. The second kappa shape index (κ2) is 10.6. The van der Waals surface area contributed by atoms with Crippen molar-refractivity contribution >= 4 is 17.0 Å². The number of methoxy groups -OCH3 is 1. The van der Waals surface area contributed by atoms with Gasteiger partial charge in [0.15, 0.2) is 0 Å². The molecule has 1 unspecified atom stereocenters. The van der Waals surface area contributed by atoms with Crippen molar-refractivity contribution in [2.45, 2.75) is 25.6 Å². The first kappa shape index (κ1) is 25.0. The minimum atomic E-state index is -4.56. The topological polar surface area (TPSA) is 48.7 Å². The summed E-state index contributed by atoms with van der Waals surface area (Å²) in [4.78, 5) is 4.51. The lowest BCUT2D eigenvalue weighted by Gasteiger charge is -2.42. The molecule has 184 valence electrons. The summed E-state index contributed by atoms with van der Waals surface area (Å²) in [6, 6.07) is 7.89. The van der Waals surface area contributed by atoms with E-state index in [0.29, 0.717) is 38.6 Å². The lowest BCUT2D eigenvalue weighted by molar-refractivity contribution is -0.137. The summed E-state index contributed by atoms with van der Waals surface area (Å²) < 4.78 is 51.7. The number of thiophene rings is 1. The van der Waals surface area contributed by atoms with Crippen LogP contribution >= 0.6 is 11.3 Å². The molecule has 0 bridgehead atoms. The van der Waals surface area contributed by atoms with Crippen LogP contribution in [0.15, 0.2) is 35.0 Å². The molecule has 1 aromatic heterocycles. The van der Waals surface area contributed by atoms with E-state index in [1.165, 1.54) is 11.6 Å². The maximum Gasteiger partial charge on any atom is 0.417 e. The molecule has 1 spiro atoms. The van der Waals surface area contributed by atoms with Crippen LogP contribution in [0.2, 0.25) is 0 Å². The summed E-state index contributed by atoms with van der Waals surface area (Å²) >= 11 is 1.70. The molecule has 0 aliphatic carbocycles. The fourth-order valence-corrected chi connectivity index (χ4v) is 5.91. The van der Waals surface area contributed by atoms with E-state index in [1.807, 2.05) is 0 Å². The van der Waals surface area contributed by atoms with Gasteiger partial charge in [0.2, 0.25) is 0 Å². The first-order valence-corrected chi connectivity index (χ1v) is 12.5. The number of hydrogen-bond acceptors (Lipinski definition) is 6. The number of piperidine rings is 1. The average Bonchev–Trinajstić information content (AvgIpc) is 3.46. The van der Waals surface area contributed by atoms with Gasteiger partial charge in [0.25, 0.3) is 0 Å². The Bertz CT molecular complexity index is 982. The Balaban J connectivity index is 1.51. The predicted molar refractivity (Wildman–Crippen MR) is 126 cm³/mol. The summed E-state index contributed by atoms with van der Waals surface area (Å²) in [6.45, 7) is 5.76. The molecule has 0 amide bonds. The van der Waals surface area contributed by atoms with Gasteiger partial charge in [-0.1, -0.05) is 0 Å². The summed E-state index contributed by atoms with van der Waals surface area (Å²) in [6.07, 6.45) is -2.60. The summed E-state index contributed by atoms with van der Waals surface area (Å²) in [5.74, 6) is 0.220. The number of ether oxygens (including phenoxy) is 2. The highest BCUT2D eigenvalue weighted by atomic mass is 32.1. The zero-order valence-corrected chi connectivity index (χ0v) is 20.1. The number of halogens is 3. The number of nitrogens with zero attached hydrogens (tertiary/aromatic N) is 3. The van der Waals surface area contributed by atoms with Gasteiger partial charge in [0, 0.05) is 38.3 Å². The molecule has 2 fully saturated rings. The maximum atomic E-state index is 13.6. The molecule has 1 atom stereocenters. The zero-order valence-electron chi connectivity index (χ0n) is 19.3. The van der Waals surface area contributed by atoms with Crippen LogP contribution in [0.1, 0.15) is 29.5 Å². The van der Waals surface area contributed by atoms with Crippen molar-refractivity contribution in [3.8, 4) is 6.07 Å². The van der Waals surface area contributed by atoms with E-state index in [-0.39, 0.29) is 16.9 Å². The molecule has 0 radical (unpaired) electrons. The fourth-order valence-electron chi connectivity index (χ4n) is 5.25. The molecule has 2 aliphatic rings. The molecule has 9 heteroatoms. The number of hydrogen-bond donors (Lipinski definition) is 0. The van der Waals surface area contributed by atoms with E-state index in [2.05, 4.69) is 26.6 Å². The van der Waals surface area contributed by atoms with Crippen LogP contribution in [0.25, 0.3) is 0 Å². The molecule has 2 saturated heterocycles. The fraction of sp³-hybridized carbons (Fsp3) is 0.560. The van der Waals surface area contributed by atoms with E-state index in [1.54, 1.807) is 30.6 Å². The molecule has 3 heterocycles. The van der Waals surface area contributed by atoms with Crippen LogP contribution in [0.3, 0.4) is 0 Å². The quantitative estimate of drug-likeness (QED) is 0.484. The Labute approximate surface area is 202 Å². The maximum absolute atomic E-state index is 13.6. The van der Waals surface area contributed by atoms with E-state index < -0.39 is 11.7 Å². The number of alkyl halides is 3. The van der Waals surface area contributed by atoms with E-state index >= 15 is 0 Å². The summed E-state index contributed by atoms with van der Waals surface area (Å²) in [7, 11) is 1.63. The second-order valence-corrected chi connectivity index (χ2v) is 10.0. The van der Waals surface area contributed by atoms with Crippen LogP contribution in [0, 0.1) is 22.7 Å². The van der Waals surface area contributed by atoms with Crippen molar-refractivity contribution in [3.05, 3.63) is 51.7 Å². The molecular weight excluding hydrogens is 463 g/mol. The first-order chi connectivity index (χ1) is 16.3. The Kier molecular flexibility index (Phi) is 7.83. The zero-order chi connectivity index (χ0) is 24.2. The van der Waals surface area contributed by atoms with Gasteiger partial charge >= 0.3 is 6.18 Å². The molecule has 0 N–H and O–H groups in total. The van der Waals surface area contributed by atoms with Gasteiger partial charge in [-0.2, -0.15) is 29.8 Å². The number of likely N-dealkylation sites (tertiary alicyclic amines) is 1. The Morgan fingerprint density at radius 1 is 1.21 bits per heavy atom. The number of anilines is 1. The van der Waals surface area contributed by atoms with Crippen LogP contribution < -0.4 is 4.90 Å². The monoisotopic (exact) mass is 493 g/mol. The standard InChI is InChI=1S/C25H30F3N3O2S/c1-32-9-10-33-16-21-15-31(22-3-2-20(13-29)23(12-22)25(26,27)28)18-24(21)5-7-30(8-6-24)14-19-4-11-34-17-19/h2-4,11-12,17,21H,5-10,14-16,18H2,1H3. The number of nitriles is 1. The molecule has 5 nitrogen and oxygen atoms in total. The smallest absolute Gasteiger partial charge is 0.382 e. The van der Waals surface area contributed by atoms with Crippen LogP contribution in [-0.4, -0.2) is 58.0 Å². The lowest BCUT2D eigenvalue weighted by atomic mass is 9.71. The highest BCUT2D eigenvalue weighted by Gasteiger charge is 2.48. The van der Waals surface area contributed by atoms with E-state index in [4.69, 9.17) is 14.7 Å². The van der Waals surface area contributed by atoms with Crippen molar-refractivity contribution in [2.24, 2.45) is 11.3 Å². The van der Waals surface area contributed by atoms with Crippen LogP contribution in [-0.2, 0) is 22.2 Å². The van der Waals surface area contributed by atoms with Crippen LogP contribution in [0.4, 0.5) is 18.9 Å². The highest BCUT2D eigenvalue weighted by Crippen LogP contribution is 2.47. The normalized spacial score (nSPS) is 20.7. The van der Waals surface area contributed by atoms with Crippen molar-refractivity contribution in [3.63, 3.8) is 0 Å². The predicted octanol–water partition coefficient (Wildman–Crippen LogP) is 5.02. The van der Waals surface area contributed by atoms with Gasteiger partial charge in [0.05, 0.1) is 37.0 Å². The van der Waals surface area contributed by atoms with Crippen molar-refractivity contribution in [2.75, 3.05) is 58.0 Å². The first-order valence-electron chi connectivity index (χ1n) is 11.5. The van der Waals surface area contributed by atoms with Crippen LogP contribution in [0.5, 0.6) is 0 Å². The third-order valence-electron chi connectivity index (χ3n) is 7.20. The molecule has 34 heavy (non-hydrogen) atoms. The van der Waals surface area contributed by atoms with Gasteiger partial charge in [-0.3, -0.25) is 4.90 Å². The summed E-state index contributed by atoms with van der Waals surface area (Å²) in [5, 5.41) is 13.4. The Morgan fingerprint density at radius 3 is 2.65 bits per heavy atom. The SMILES string of the molecule is COCCOCC1CN(c2ccc(C#N)c(C(F)(F)F)c2)CC12CCN(Cc1ccsc1)CC2. The third kappa shape index (κ3) is 5.57. The number of benzene rings is 1. The molecular formula is C25H30F3N3O2S. The highest BCUT2D eigenvalue weighted by molar-refractivity contribution is 7.07. The van der Waals surface area contributed by atoms with E-state index in [0.717, 1.165) is 38.5 Å². The molecule has 0 saturated carbocycles. The van der Waals surface area contributed by atoms with Gasteiger partial charge in [-0.25, -0.2) is 0 Å². The van der Waals surface area contributed by atoms with E-state index in [9.17, 15) is 13.2 Å². The lowest BCUT2D eigenvalue weighted by Crippen LogP contribution is -2.45. The largest absolute Gasteiger partial charge is 0.417 e. The van der Waals surface area contributed by atoms with Crippen molar-refractivity contribution in [1.29, 1.82) is 5.26 Å². The van der Waals surface area contributed by atoms with Gasteiger partial charge in [0.1, 0.15) is 0 Å². The van der Waals surface area contributed by atoms with Gasteiger partial charge in [-0.05, 0) is 71.9 Å². The van der Waals surface area contributed by atoms with Gasteiger partial charge in [-0.15, -0.1) is 0 Å². The number of rotatable bonds is 8. The molecule has 2 aliphatic heterocycles. The van der Waals surface area contributed by atoms with Crippen molar-refractivity contribution < 1.29 is 22.6 Å². The Hall–Kier alpha value is -2.12. The molecule has 1 aromatic carbocycles. The minimum Gasteiger partial charge on any atom is -0.382 e. The van der Waals surface area contributed by atoms with Crippen molar-refractivity contribution in [1.82, 2.24) is 4.90 Å². The minimum absolute atomic E-state index is 0.00941.